The van der Waals surface area contributed by atoms with Crippen LogP contribution in [0.15, 0.2) is 0 Å². The Labute approximate surface area is 262 Å². The number of hydrogen-bond donors (Lipinski definition) is 11. The number of methoxy groups -OCH3 is 1. The van der Waals surface area contributed by atoms with E-state index in [0.29, 0.717) is 0 Å². The molecule has 0 aliphatic carbocycles. The van der Waals surface area contributed by atoms with Gasteiger partial charge in [0, 0.05) is 7.11 Å². The second kappa shape index (κ2) is 15.5. The van der Waals surface area contributed by atoms with Gasteiger partial charge in [-0.3, -0.25) is 0 Å². The Morgan fingerprint density at radius 2 is 1.02 bits per heavy atom. The van der Waals surface area contributed by atoms with Gasteiger partial charge >= 0.3 is 5.97 Å². The van der Waals surface area contributed by atoms with Crippen LogP contribution < -0.4 is 0 Å². The zero-order valence-corrected chi connectivity index (χ0v) is 25.1. The summed E-state index contributed by atoms with van der Waals surface area (Å²) in [5.74, 6) is -1.73. The molecular weight excluding hydrogens is 632 g/mol. The second-order valence-corrected chi connectivity index (χ2v) is 11.7. The summed E-state index contributed by atoms with van der Waals surface area (Å²) >= 11 is 0. The van der Waals surface area contributed by atoms with E-state index in [1.165, 1.54) is 13.8 Å². The number of carboxylic acids is 1. The molecule has 0 aromatic rings. The fraction of sp³-hybridized carbons (Fsp3) is 0.962. The summed E-state index contributed by atoms with van der Waals surface area (Å²) in [4.78, 5) is 12.2. The number of aliphatic hydroxyl groups excluding tert-OH is 10. The molecule has 0 spiro atoms. The first kappa shape index (κ1) is 37.6. The lowest BCUT2D eigenvalue weighted by Crippen LogP contribution is -2.67. The van der Waals surface area contributed by atoms with Crippen LogP contribution >= 0.6 is 0 Å². The zero-order chi connectivity index (χ0) is 34.2. The first-order chi connectivity index (χ1) is 21.7. The average Bonchev–Trinajstić information content (AvgIpc) is 3.02. The van der Waals surface area contributed by atoms with Crippen LogP contribution in [-0.2, 0) is 42.7 Å². The highest BCUT2D eigenvalue weighted by Crippen LogP contribution is 2.34. The summed E-state index contributed by atoms with van der Waals surface area (Å²) in [5.41, 5.74) is 0. The van der Waals surface area contributed by atoms with Crippen molar-refractivity contribution < 1.29 is 98.9 Å². The lowest BCUT2D eigenvalue weighted by Gasteiger charge is -2.48. The third-order valence-electron chi connectivity index (χ3n) is 8.64. The molecule has 11 N–H and O–H groups in total. The highest BCUT2D eigenvalue weighted by atomic mass is 16.8. The predicted octanol–water partition coefficient (Wildman–Crippen LogP) is -6.90. The molecule has 20 heteroatoms. The Bertz CT molecular complexity index is 989. The molecule has 4 saturated heterocycles. The molecule has 46 heavy (non-hydrogen) atoms. The maximum Gasteiger partial charge on any atom is 0.335 e. The molecule has 4 heterocycles. The van der Waals surface area contributed by atoms with Crippen molar-refractivity contribution in [1.29, 1.82) is 0 Å². The molecule has 4 rings (SSSR count). The molecule has 0 aromatic carbocycles. The lowest BCUT2D eigenvalue weighted by atomic mass is 9.95. The van der Waals surface area contributed by atoms with Gasteiger partial charge in [0.25, 0.3) is 0 Å². The van der Waals surface area contributed by atoms with Crippen LogP contribution in [-0.4, -0.2) is 205 Å². The number of ether oxygens (including phenoxy) is 8. The van der Waals surface area contributed by atoms with E-state index in [0.717, 1.165) is 7.11 Å². The van der Waals surface area contributed by atoms with Crippen molar-refractivity contribution in [1.82, 2.24) is 0 Å². The van der Waals surface area contributed by atoms with E-state index in [4.69, 9.17) is 37.9 Å². The van der Waals surface area contributed by atoms with Gasteiger partial charge in [-0.05, 0) is 13.8 Å². The molecule has 0 radical (unpaired) electrons. The number of aliphatic carboxylic acids is 1. The predicted molar refractivity (Wildman–Crippen MR) is 141 cm³/mol. The third-order valence-corrected chi connectivity index (χ3v) is 8.64. The molecular formula is C26H44O20. The smallest absolute Gasteiger partial charge is 0.335 e. The Kier molecular flexibility index (Phi) is 12.7. The molecule has 268 valence electrons. The van der Waals surface area contributed by atoms with E-state index in [1.54, 1.807) is 0 Å². The number of carbonyl (C=O) groups is 1. The standard InChI is InChI=1S/C26H44O20/c1-6-10(29)12(31)18(7(2)40-6)43-24-15(34)13(32)19(9(5-28)42-24)44-25-16(35)14(33)21(22(46-25)23(37)38)45-26-17(36)20(39-3)11(30)8(4-27)41-26/h6-22,24-36H,4-5H2,1-3H3,(H,37,38)/t6-,7?,8?,9?,10?,11+,12+,13+,14+,15?,16?,17?,18-,19+,20-,21-,22?,24-,25+,26-/m0/s1. The fourth-order valence-electron chi connectivity index (χ4n) is 5.98. The fourth-order valence-corrected chi connectivity index (χ4v) is 5.98. The Morgan fingerprint density at radius 1 is 0.543 bits per heavy atom. The quantitative estimate of drug-likeness (QED) is 0.102. The van der Waals surface area contributed by atoms with Gasteiger partial charge in [-0.15, -0.1) is 0 Å². The summed E-state index contributed by atoms with van der Waals surface area (Å²) in [6, 6.07) is 0. The second-order valence-electron chi connectivity index (χ2n) is 11.7. The topological polar surface area (TPSA) is 313 Å². The van der Waals surface area contributed by atoms with Crippen LogP contribution in [0.3, 0.4) is 0 Å². The van der Waals surface area contributed by atoms with Gasteiger partial charge < -0.3 is 94.1 Å². The van der Waals surface area contributed by atoms with E-state index >= 15 is 0 Å². The molecule has 0 aromatic heterocycles. The maximum absolute atomic E-state index is 12.2. The summed E-state index contributed by atoms with van der Waals surface area (Å²) < 4.78 is 43.5. The minimum Gasteiger partial charge on any atom is -0.479 e. The molecule has 0 saturated carbocycles. The summed E-state index contributed by atoms with van der Waals surface area (Å²) in [6.45, 7) is 1.44. The minimum absolute atomic E-state index is 0.736. The number of hydrogen-bond acceptors (Lipinski definition) is 19. The van der Waals surface area contributed by atoms with E-state index in [2.05, 4.69) is 0 Å². The molecule has 8 unspecified atom stereocenters. The minimum atomic E-state index is -2.12. The average molecular weight is 677 g/mol. The molecule has 4 fully saturated rings. The van der Waals surface area contributed by atoms with Gasteiger partial charge in [0.15, 0.2) is 25.0 Å². The number of rotatable bonds is 10. The largest absolute Gasteiger partial charge is 0.479 e. The van der Waals surface area contributed by atoms with Crippen molar-refractivity contribution in [3.8, 4) is 0 Å². The van der Waals surface area contributed by atoms with Crippen molar-refractivity contribution in [2.75, 3.05) is 20.3 Å². The van der Waals surface area contributed by atoms with Gasteiger partial charge in [-0.1, -0.05) is 0 Å². The molecule has 0 amide bonds. The highest BCUT2D eigenvalue weighted by Gasteiger charge is 2.56. The molecule has 4 aliphatic rings. The summed E-state index contributed by atoms with van der Waals surface area (Å²) in [5, 5.41) is 114. The highest BCUT2D eigenvalue weighted by molar-refractivity contribution is 5.73. The molecule has 20 nitrogen and oxygen atoms in total. The maximum atomic E-state index is 12.2. The van der Waals surface area contributed by atoms with Crippen LogP contribution in [0.5, 0.6) is 0 Å². The summed E-state index contributed by atoms with van der Waals surface area (Å²) in [7, 11) is 1.14. The van der Waals surface area contributed by atoms with Gasteiger partial charge in [0.05, 0.1) is 25.4 Å². The zero-order valence-electron chi connectivity index (χ0n) is 25.1. The van der Waals surface area contributed by atoms with E-state index in [1.807, 2.05) is 0 Å². The van der Waals surface area contributed by atoms with Crippen LogP contribution in [0.25, 0.3) is 0 Å². The molecule has 20 atom stereocenters. The number of aliphatic hydroxyl groups is 10. The van der Waals surface area contributed by atoms with Crippen LogP contribution in [0.4, 0.5) is 0 Å². The van der Waals surface area contributed by atoms with Crippen LogP contribution in [0.1, 0.15) is 13.8 Å². The van der Waals surface area contributed by atoms with Crippen molar-refractivity contribution in [3.05, 3.63) is 0 Å². The Balaban J connectivity index is 1.46. The first-order valence-electron chi connectivity index (χ1n) is 14.7. The van der Waals surface area contributed by atoms with E-state index in [-0.39, 0.29) is 0 Å². The Hall–Kier alpha value is -1.25. The van der Waals surface area contributed by atoms with E-state index < -0.39 is 142 Å². The van der Waals surface area contributed by atoms with Crippen LogP contribution in [0.2, 0.25) is 0 Å². The lowest BCUT2D eigenvalue weighted by molar-refractivity contribution is -0.381. The normalized spacial score (nSPS) is 51.9. The van der Waals surface area contributed by atoms with Gasteiger partial charge in [-0.2, -0.15) is 0 Å². The third kappa shape index (κ3) is 7.34. The Morgan fingerprint density at radius 3 is 1.59 bits per heavy atom. The van der Waals surface area contributed by atoms with Crippen molar-refractivity contribution in [3.63, 3.8) is 0 Å². The monoisotopic (exact) mass is 676 g/mol. The van der Waals surface area contributed by atoms with E-state index in [9.17, 15) is 61.0 Å². The summed E-state index contributed by atoms with van der Waals surface area (Å²) in [6.07, 6.45) is -32.4. The number of carboxylic acid groups (broad SMARTS) is 1. The van der Waals surface area contributed by atoms with Gasteiger partial charge in [0.2, 0.25) is 0 Å². The van der Waals surface area contributed by atoms with Crippen molar-refractivity contribution >= 4 is 5.97 Å². The van der Waals surface area contributed by atoms with Crippen molar-refractivity contribution in [2.45, 2.75) is 136 Å². The molecule has 0 bridgehead atoms. The SMILES string of the molecule is CO[C@@H]1C(O)[C@H](O[C@@H]2C(C(=O)O)O[C@@H](O[C@@H]3C(CO)O[C@@H](O[C@H]4C(C)O[C@@H](C)C(O)[C@H]4O)C(O)[C@H]3O)C(O)[C@H]2O)OC(CO)[C@H]1O. The van der Waals surface area contributed by atoms with Gasteiger partial charge in [-0.25, -0.2) is 4.79 Å². The first-order valence-corrected chi connectivity index (χ1v) is 14.7. The van der Waals surface area contributed by atoms with Crippen LogP contribution in [0, 0.1) is 0 Å². The van der Waals surface area contributed by atoms with Gasteiger partial charge in [0.1, 0.15) is 85.5 Å². The molecule has 4 aliphatic heterocycles. The van der Waals surface area contributed by atoms with Crippen molar-refractivity contribution in [2.24, 2.45) is 0 Å².